The number of nitrogens with zero attached hydrogens (tertiary/aromatic N) is 1. The second-order valence-electron chi connectivity index (χ2n) is 7.96. The molecule has 1 fully saturated rings. The maximum absolute atomic E-state index is 13.2. The summed E-state index contributed by atoms with van der Waals surface area (Å²) in [6, 6.07) is 12.5. The summed E-state index contributed by atoms with van der Waals surface area (Å²) in [5, 5.41) is 3.21. The van der Waals surface area contributed by atoms with Crippen molar-refractivity contribution in [2.75, 3.05) is 26.1 Å². The molecular formula is C25H34N2O3. The van der Waals surface area contributed by atoms with Crippen LogP contribution in [0.5, 0.6) is 11.5 Å². The lowest BCUT2D eigenvalue weighted by Crippen LogP contribution is -2.46. The summed E-state index contributed by atoms with van der Waals surface area (Å²) in [7, 11) is 3.30. The number of carbonyl (C=O) groups excluding carboxylic acids is 1. The van der Waals surface area contributed by atoms with Gasteiger partial charge in [0.05, 0.1) is 14.2 Å². The first-order valence-corrected chi connectivity index (χ1v) is 10.9. The van der Waals surface area contributed by atoms with Gasteiger partial charge in [-0.1, -0.05) is 31.2 Å². The van der Waals surface area contributed by atoms with Crippen molar-refractivity contribution in [3.8, 4) is 11.5 Å². The lowest BCUT2D eigenvalue weighted by atomic mass is 9.96. The fourth-order valence-electron chi connectivity index (χ4n) is 4.32. The first kappa shape index (κ1) is 22.0. The van der Waals surface area contributed by atoms with Crippen molar-refractivity contribution >= 4 is 11.7 Å². The minimum Gasteiger partial charge on any atom is -0.493 e. The van der Waals surface area contributed by atoms with Gasteiger partial charge in [0, 0.05) is 18.3 Å². The van der Waals surface area contributed by atoms with Crippen molar-refractivity contribution in [3.05, 3.63) is 53.1 Å². The Hall–Kier alpha value is -2.69. The molecule has 1 atom stereocenters. The highest BCUT2D eigenvalue weighted by Gasteiger charge is 2.27. The summed E-state index contributed by atoms with van der Waals surface area (Å²) < 4.78 is 10.8. The number of methoxy groups -OCH3 is 2. The van der Waals surface area contributed by atoms with E-state index in [-0.39, 0.29) is 12.1 Å². The quantitative estimate of drug-likeness (QED) is 0.647. The number of hydrogen-bond acceptors (Lipinski definition) is 3. The summed E-state index contributed by atoms with van der Waals surface area (Å²) in [5.74, 6) is 1.49. The Morgan fingerprint density at radius 1 is 1.13 bits per heavy atom. The molecule has 5 heteroatoms. The number of ether oxygens (including phenoxy) is 2. The molecule has 2 amide bonds. The zero-order valence-electron chi connectivity index (χ0n) is 18.7. The molecule has 1 aliphatic rings. The molecular weight excluding hydrogens is 376 g/mol. The van der Waals surface area contributed by atoms with E-state index in [2.05, 4.69) is 43.4 Å². The SMILES string of the molecule is CCc1cccc(C)c1NC(=O)N1CCCCC1CCc1ccc(OC)c(OC)c1. The molecule has 1 saturated heterocycles. The second kappa shape index (κ2) is 10.4. The maximum atomic E-state index is 13.2. The van der Waals surface area contributed by atoms with E-state index in [0.717, 1.165) is 61.4 Å². The number of likely N-dealkylation sites (tertiary alicyclic amines) is 1. The van der Waals surface area contributed by atoms with Crippen LogP contribution in [0.15, 0.2) is 36.4 Å². The van der Waals surface area contributed by atoms with E-state index < -0.39 is 0 Å². The van der Waals surface area contributed by atoms with E-state index in [1.54, 1.807) is 14.2 Å². The normalized spacial score (nSPS) is 16.3. The molecule has 1 N–H and O–H groups in total. The number of anilines is 1. The Morgan fingerprint density at radius 2 is 1.93 bits per heavy atom. The first-order chi connectivity index (χ1) is 14.6. The van der Waals surface area contributed by atoms with Gasteiger partial charge in [-0.3, -0.25) is 0 Å². The van der Waals surface area contributed by atoms with Crippen molar-refractivity contribution in [2.45, 2.75) is 58.4 Å². The number of amides is 2. The molecule has 30 heavy (non-hydrogen) atoms. The van der Waals surface area contributed by atoms with Gasteiger partial charge < -0.3 is 19.7 Å². The van der Waals surface area contributed by atoms with E-state index in [0.29, 0.717) is 0 Å². The Kier molecular flexibility index (Phi) is 7.61. The van der Waals surface area contributed by atoms with Crippen LogP contribution in [0.1, 0.15) is 49.3 Å². The summed E-state index contributed by atoms with van der Waals surface area (Å²) >= 11 is 0. The number of hydrogen-bond donors (Lipinski definition) is 1. The average Bonchev–Trinajstić information content (AvgIpc) is 2.78. The number of aryl methyl sites for hydroxylation is 3. The van der Waals surface area contributed by atoms with Gasteiger partial charge in [0.25, 0.3) is 0 Å². The smallest absolute Gasteiger partial charge is 0.322 e. The molecule has 0 radical (unpaired) electrons. The highest BCUT2D eigenvalue weighted by molar-refractivity contribution is 5.91. The first-order valence-electron chi connectivity index (χ1n) is 10.9. The van der Waals surface area contributed by atoms with Gasteiger partial charge in [-0.2, -0.15) is 0 Å². The summed E-state index contributed by atoms with van der Waals surface area (Å²) in [5.41, 5.74) is 4.46. The predicted molar refractivity (Wildman–Crippen MR) is 122 cm³/mol. The van der Waals surface area contributed by atoms with E-state index in [1.165, 1.54) is 17.5 Å². The van der Waals surface area contributed by atoms with Crippen molar-refractivity contribution in [1.82, 2.24) is 4.90 Å². The number of piperidine rings is 1. The molecule has 0 aromatic heterocycles. The zero-order valence-corrected chi connectivity index (χ0v) is 18.7. The largest absolute Gasteiger partial charge is 0.493 e. The molecule has 1 heterocycles. The molecule has 162 valence electrons. The maximum Gasteiger partial charge on any atom is 0.322 e. The molecule has 1 aliphatic heterocycles. The van der Waals surface area contributed by atoms with E-state index in [4.69, 9.17) is 9.47 Å². The summed E-state index contributed by atoms with van der Waals surface area (Å²) in [6.45, 7) is 4.99. The molecule has 0 aliphatic carbocycles. The van der Waals surface area contributed by atoms with Crippen molar-refractivity contribution in [1.29, 1.82) is 0 Å². The fourth-order valence-corrected chi connectivity index (χ4v) is 4.32. The van der Waals surface area contributed by atoms with Crippen molar-refractivity contribution < 1.29 is 14.3 Å². The van der Waals surface area contributed by atoms with Crippen LogP contribution in [0.25, 0.3) is 0 Å². The number of urea groups is 1. The third kappa shape index (κ3) is 5.07. The van der Waals surface area contributed by atoms with Crippen LogP contribution in [0, 0.1) is 6.92 Å². The van der Waals surface area contributed by atoms with Crippen LogP contribution in [-0.2, 0) is 12.8 Å². The lowest BCUT2D eigenvalue weighted by molar-refractivity contribution is 0.158. The molecule has 1 unspecified atom stereocenters. The van der Waals surface area contributed by atoms with Gasteiger partial charge in [0.1, 0.15) is 0 Å². The van der Waals surface area contributed by atoms with E-state index >= 15 is 0 Å². The molecule has 0 spiro atoms. The number of rotatable bonds is 7. The molecule has 2 aromatic carbocycles. The van der Waals surface area contributed by atoms with Gasteiger partial charge in [-0.25, -0.2) is 4.79 Å². The Morgan fingerprint density at radius 3 is 2.67 bits per heavy atom. The standard InChI is InChI=1S/C25H34N2O3/c1-5-20-10-8-9-18(2)24(20)26-25(28)27-16-7-6-11-21(27)14-12-19-13-15-22(29-3)23(17-19)30-4/h8-10,13,15,17,21H,5-7,11-12,14,16H2,1-4H3,(H,26,28). The van der Waals surface area contributed by atoms with Crippen LogP contribution in [-0.4, -0.2) is 37.7 Å². The Balaban J connectivity index is 1.69. The highest BCUT2D eigenvalue weighted by Crippen LogP contribution is 2.30. The van der Waals surface area contributed by atoms with Crippen LogP contribution in [0.4, 0.5) is 10.5 Å². The average molecular weight is 411 g/mol. The second-order valence-corrected chi connectivity index (χ2v) is 7.96. The molecule has 5 nitrogen and oxygen atoms in total. The zero-order chi connectivity index (χ0) is 21.5. The summed E-state index contributed by atoms with van der Waals surface area (Å²) in [4.78, 5) is 15.2. The molecule has 0 bridgehead atoms. The van der Waals surface area contributed by atoms with Crippen molar-refractivity contribution in [3.63, 3.8) is 0 Å². The van der Waals surface area contributed by atoms with Gasteiger partial charge in [0.2, 0.25) is 0 Å². The Labute approximate surface area is 180 Å². The minimum atomic E-state index is 0.0241. The fraction of sp³-hybridized carbons (Fsp3) is 0.480. The van der Waals surface area contributed by atoms with Crippen LogP contribution in [0.3, 0.4) is 0 Å². The summed E-state index contributed by atoms with van der Waals surface area (Å²) in [6.07, 6.45) is 6.03. The van der Waals surface area contributed by atoms with E-state index in [9.17, 15) is 4.79 Å². The number of para-hydroxylation sites is 1. The third-order valence-electron chi connectivity index (χ3n) is 6.07. The predicted octanol–water partition coefficient (Wildman–Crippen LogP) is 5.59. The Bertz CT molecular complexity index is 865. The third-order valence-corrected chi connectivity index (χ3v) is 6.07. The molecule has 2 aromatic rings. The molecule has 3 rings (SSSR count). The van der Waals surface area contributed by atoms with Crippen LogP contribution < -0.4 is 14.8 Å². The van der Waals surface area contributed by atoms with Gasteiger partial charge in [-0.15, -0.1) is 0 Å². The van der Waals surface area contributed by atoms with Gasteiger partial charge >= 0.3 is 6.03 Å². The lowest BCUT2D eigenvalue weighted by Gasteiger charge is -2.36. The van der Waals surface area contributed by atoms with Gasteiger partial charge in [-0.05, 0) is 74.3 Å². The van der Waals surface area contributed by atoms with Crippen LogP contribution >= 0.6 is 0 Å². The van der Waals surface area contributed by atoms with Crippen LogP contribution in [0.2, 0.25) is 0 Å². The minimum absolute atomic E-state index is 0.0241. The van der Waals surface area contributed by atoms with Crippen molar-refractivity contribution in [2.24, 2.45) is 0 Å². The highest BCUT2D eigenvalue weighted by atomic mass is 16.5. The number of nitrogens with one attached hydrogen (secondary N) is 1. The molecule has 0 saturated carbocycles. The number of benzene rings is 2. The monoisotopic (exact) mass is 410 g/mol. The van der Waals surface area contributed by atoms with Gasteiger partial charge in [0.15, 0.2) is 11.5 Å². The van der Waals surface area contributed by atoms with E-state index in [1.807, 2.05) is 17.0 Å². The topological polar surface area (TPSA) is 50.8 Å². The number of carbonyl (C=O) groups is 1.